The first-order chi connectivity index (χ1) is 12.7. The molecule has 3 heterocycles. The fourth-order valence-electron chi connectivity index (χ4n) is 3.01. The summed E-state index contributed by atoms with van der Waals surface area (Å²) in [6.07, 6.45) is 1.56. The van der Waals surface area contributed by atoms with Gasteiger partial charge in [-0.15, -0.1) is 0 Å². The van der Waals surface area contributed by atoms with Gasteiger partial charge in [0, 0.05) is 49.0 Å². The zero-order chi connectivity index (χ0) is 17.9. The molecule has 0 unspecified atom stereocenters. The number of halogens is 1. The van der Waals surface area contributed by atoms with Crippen LogP contribution in [0.25, 0.3) is 0 Å². The molecule has 0 atom stereocenters. The van der Waals surface area contributed by atoms with Gasteiger partial charge in [-0.05, 0) is 25.1 Å². The predicted molar refractivity (Wildman–Crippen MR) is 102 cm³/mol. The lowest BCUT2D eigenvalue weighted by Gasteiger charge is -2.36. The van der Waals surface area contributed by atoms with Gasteiger partial charge in [0.15, 0.2) is 5.82 Å². The molecule has 1 aromatic carbocycles. The highest BCUT2D eigenvalue weighted by Crippen LogP contribution is 2.23. The van der Waals surface area contributed by atoms with E-state index in [0.717, 1.165) is 48.5 Å². The van der Waals surface area contributed by atoms with Gasteiger partial charge in [0.05, 0.1) is 0 Å². The molecule has 0 aliphatic carbocycles. The third-order valence-corrected chi connectivity index (χ3v) is 4.55. The second-order valence-corrected chi connectivity index (χ2v) is 6.60. The van der Waals surface area contributed by atoms with Crippen molar-refractivity contribution in [1.82, 2.24) is 15.1 Å². The molecule has 0 spiro atoms. The first kappa shape index (κ1) is 16.7. The zero-order valence-electron chi connectivity index (χ0n) is 14.4. The van der Waals surface area contributed by atoms with Crippen LogP contribution in [0.4, 0.5) is 23.1 Å². The van der Waals surface area contributed by atoms with Crippen molar-refractivity contribution in [3.8, 4) is 0 Å². The lowest BCUT2D eigenvalue weighted by Crippen LogP contribution is -2.46. The maximum Gasteiger partial charge on any atom is 0.175 e. The molecule has 0 radical (unpaired) electrons. The predicted octanol–water partition coefficient (Wildman–Crippen LogP) is 3.50. The number of benzene rings is 1. The number of anilines is 4. The van der Waals surface area contributed by atoms with E-state index in [-0.39, 0.29) is 0 Å². The van der Waals surface area contributed by atoms with Crippen LogP contribution >= 0.6 is 11.6 Å². The summed E-state index contributed by atoms with van der Waals surface area (Å²) >= 11 is 6.10. The average molecular weight is 371 g/mol. The Hall–Kier alpha value is -2.80. The Labute approximate surface area is 156 Å². The summed E-state index contributed by atoms with van der Waals surface area (Å²) < 4.78 is 5.06. The minimum Gasteiger partial charge on any atom is -0.368 e. The summed E-state index contributed by atoms with van der Waals surface area (Å²) in [5, 5.41) is 7.83. The van der Waals surface area contributed by atoms with E-state index in [1.807, 2.05) is 37.3 Å². The molecule has 3 aromatic rings. The van der Waals surface area contributed by atoms with Gasteiger partial charge in [0.25, 0.3) is 0 Å². The van der Waals surface area contributed by atoms with Crippen LogP contribution in [0.1, 0.15) is 5.76 Å². The molecule has 0 amide bonds. The van der Waals surface area contributed by atoms with Crippen molar-refractivity contribution in [2.75, 3.05) is 41.3 Å². The van der Waals surface area contributed by atoms with E-state index < -0.39 is 0 Å². The third-order valence-electron chi connectivity index (χ3n) is 4.31. The Morgan fingerprint density at radius 3 is 2.54 bits per heavy atom. The number of hydrogen-bond donors (Lipinski definition) is 1. The normalized spacial score (nSPS) is 14.5. The first-order valence-corrected chi connectivity index (χ1v) is 8.83. The zero-order valence-corrected chi connectivity index (χ0v) is 15.1. The van der Waals surface area contributed by atoms with Crippen molar-refractivity contribution in [2.45, 2.75) is 6.92 Å². The lowest BCUT2D eigenvalue weighted by atomic mass is 10.2. The average Bonchev–Trinajstić information content (AvgIpc) is 3.07. The Kier molecular flexibility index (Phi) is 4.62. The van der Waals surface area contributed by atoms with Gasteiger partial charge >= 0.3 is 0 Å². The van der Waals surface area contributed by atoms with Crippen LogP contribution in [0, 0.1) is 6.92 Å². The smallest absolute Gasteiger partial charge is 0.175 e. The molecule has 2 aromatic heterocycles. The molecular formula is C18H19ClN6O. The molecule has 1 aliphatic rings. The summed E-state index contributed by atoms with van der Waals surface area (Å²) in [6, 6.07) is 11.7. The van der Waals surface area contributed by atoms with Crippen LogP contribution < -0.4 is 15.1 Å². The number of rotatable bonds is 4. The number of hydrogen-bond acceptors (Lipinski definition) is 7. The van der Waals surface area contributed by atoms with Crippen molar-refractivity contribution in [2.24, 2.45) is 0 Å². The van der Waals surface area contributed by atoms with Crippen LogP contribution in [0.5, 0.6) is 0 Å². The molecule has 7 nitrogen and oxygen atoms in total. The second-order valence-electron chi connectivity index (χ2n) is 6.16. The molecule has 1 N–H and O–H groups in total. The summed E-state index contributed by atoms with van der Waals surface area (Å²) in [4.78, 5) is 13.3. The number of piperazine rings is 1. The van der Waals surface area contributed by atoms with Crippen molar-refractivity contribution >= 4 is 34.7 Å². The Morgan fingerprint density at radius 2 is 1.81 bits per heavy atom. The largest absolute Gasteiger partial charge is 0.368 e. The Bertz CT molecular complexity index is 891. The summed E-state index contributed by atoms with van der Waals surface area (Å²) in [6.45, 7) is 5.44. The minimum absolute atomic E-state index is 0.637. The molecule has 0 bridgehead atoms. The van der Waals surface area contributed by atoms with Crippen LogP contribution in [0.2, 0.25) is 5.02 Å². The van der Waals surface area contributed by atoms with E-state index in [2.05, 4.69) is 36.3 Å². The summed E-state index contributed by atoms with van der Waals surface area (Å²) in [5.74, 6) is 2.98. The molecule has 1 aliphatic heterocycles. The van der Waals surface area contributed by atoms with E-state index >= 15 is 0 Å². The standard InChI is InChI=1S/C18H19ClN6O/c1-13-9-17(23-26-13)22-16-11-18(21-12-20-16)25-7-5-24(6-8-25)15-4-2-3-14(19)10-15/h2-4,9-12H,5-8H2,1H3,(H,20,21,22,23). The van der Waals surface area contributed by atoms with Gasteiger partial charge in [0.2, 0.25) is 0 Å². The Morgan fingerprint density at radius 1 is 1.00 bits per heavy atom. The molecule has 8 heteroatoms. The van der Waals surface area contributed by atoms with E-state index in [0.29, 0.717) is 11.6 Å². The Balaban J connectivity index is 1.42. The maximum atomic E-state index is 6.10. The quantitative estimate of drug-likeness (QED) is 0.753. The van der Waals surface area contributed by atoms with E-state index in [1.165, 1.54) is 0 Å². The van der Waals surface area contributed by atoms with Gasteiger partial charge in [-0.2, -0.15) is 0 Å². The van der Waals surface area contributed by atoms with Gasteiger partial charge in [0.1, 0.15) is 23.7 Å². The van der Waals surface area contributed by atoms with Crippen molar-refractivity contribution in [3.05, 3.63) is 53.5 Å². The first-order valence-electron chi connectivity index (χ1n) is 8.45. The molecule has 134 valence electrons. The number of nitrogens with zero attached hydrogens (tertiary/aromatic N) is 5. The molecule has 26 heavy (non-hydrogen) atoms. The van der Waals surface area contributed by atoms with Crippen molar-refractivity contribution in [3.63, 3.8) is 0 Å². The third kappa shape index (κ3) is 3.72. The minimum atomic E-state index is 0.637. The number of aryl methyl sites for hydroxylation is 1. The van der Waals surface area contributed by atoms with Gasteiger partial charge in [-0.25, -0.2) is 9.97 Å². The van der Waals surface area contributed by atoms with Crippen LogP contribution in [0.15, 0.2) is 47.2 Å². The van der Waals surface area contributed by atoms with Gasteiger partial charge in [-0.3, -0.25) is 0 Å². The second kappa shape index (κ2) is 7.21. The number of aromatic nitrogens is 3. The maximum absolute atomic E-state index is 6.10. The van der Waals surface area contributed by atoms with Crippen molar-refractivity contribution < 1.29 is 4.52 Å². The van der Waals surface area contributed by atoms with Gasteiger partial charge < -0.3 is 19.6 Å². The molecule has 4 rings (SSSR count). The highest BCUT2D eigenvalue weighted by Gasteiger charge is 2.19. The van der Waals surface area contributed by atoms with Gasteiger partial charge in [-0.1, -0.05) is 22.8 Å². The molecular weight excluding hydrogens is 352 g/mol. The molecule has 0 saturated carbocycles. The van der Waals surface area contributed by atoms with E-state index in [9.17, 15) is 0 Å². The van der Waals surface area contributed by atoms with Crippen LogP contribution in [0.3, 0.4) is 0 Å². The fraction of sp³-hybridized carbons (Fsp3) is 0.278. The SMILES string of the molecule is Cc1cc(Nc2cc(N3CCN(c4cccc(Cl)c4)CC3)ncn2)no1. The topological polar surface area (TPSA) is 70.3 Å². The molecule has 1 saturated heterocycles. The highest BCUT2D eigenvalue weighted by molar-refractivity contribution is 6.30. The monoisotopic (exact) mass is 370 g/mol. The highest BCUT2D eigenvalue weighted by atomic mass is 35.5. The van der Waals surface area contributed by atoms with Crippen LogP contribution in [-0.4, -0.2) is 41.3 Å². The van der Waals surface area contributed by atoms with E-state index in [1.54, 1.807) is 6.33 Å². The summed E-state index contributed by atoms with van der Waals surface area (Å²) in [7, 11) is 0. The number of nitrogens with one attached hydrogen (secondary N) is 1. The molecule has 1 fully saturated rings. The van der Waals surface area contributed by atoms with E-state index in [4.69, 9.17) is 16.1 Å². The summed E-state index contributed by atoms with van der Waals surface area (Å²) in [5.41, 5.74) is 1.16. The van der Waals surface area contributed by atoms with Crippen LogP contribution in [-0.2, 0) is 0 Å². The van der Waals surface area contributed by atoms with Crippen molar-refractivity contribution in [1.29, 1.82) is 0 Å². The lowest BCUT2D eigenvalue weighted by molar-refractivity contribution is 0.400. The fourth-order valence-corrected chi connectivity index (χ4v) is 3.20.